The molecule has 1 saturated heterocycles. The van der Waals surface area contributed by atoms with Crippen LogP contribution in [0.3, 0.4) is 0 Å². The van der Waals surface area contributed by atoms with Crippen molar-refractivity contribution in [2.24, 2.45) is 5.92 Å². The summed E-state index contributed by atoms with van der Waals surface area (Å²) in [5.41, 5.74) is 0. The zero-order chi connectivity index (χ0) is 9.52. The highest BCUT2D eigenvalue weighted by Gasteiger charge is 2.13. The average molecular weight is 186 g/mol. The Hall–Kier alpha value is -0.570. The van der Waals surface area contributed by atoms with Gasteiger partial charge in [-0.05, 0) is 31.6 Å². The van der Waals surface area contributed by atoms with Crippen LogP contribution in [-0.4, -0.2) is 24.3 Å². The number of rotatable bonds is 5. The molecule has 0 radical (unpaired) electrons. The molecule has 1 heterocycles. The molecule has 1 fully saturated rings. The van der Waals surface area contributed by atoms with Crippen LogP contribution in [0.25, 0.3) is 0 Å². The van der Waals surface area contributed by atoms with Crippen molar-refractivity contribution in [3.63, 3.8) is 0 Å². The van der Waals surface area contributed by atoms with Gasteiger partial charge in [-0.1, -0.05) is 6.42 Å². The van der Waals surface area contributed by atoms with Gasteiger partial charge in [0.25, 0.3) is 0 Å². The molecule has 0 spiro atoms. The van der Waals surface area contributed by atoms with E-state index in [-0.39, 0.29) is 0 Å². The Morgan fingerprint density at radius 3 is 2.92 bits per heavy atom. The largest absolute Gasteiger partial charge is 0.481 e. The molecule has 0 saturated carbocycles. The number of carboxylic acid groups (broad SMARTS) is 1. The third-order valence-corrected chi connectivity index (χ3v) is 2.51. The van der Waals surface area contributed by atoms with Crippen LogP contribution in [0.1, 0.15) is 38.5 Å². The van der Waals surface area contributed by atoms with Crippen LogP contribution in [0.5, 0.6) is 0 Å². The summed E-state index contributed by atoms with van der Waals surface area (Å²) in [6, 6.07) is 0. The quantitative estimate of drug-likeness (QED) is 0.668. The lowest BCUT2D eigenvalue weighted by atomic mass is 9.96. The second kappa shape index (κ2) is 5.97. The summed E-state index contributed by atoms with van der Waals surface area (Å²) in [5.74, 6) is 0.00226. The van der Waals surface area contributed by atoms with Crippen LogP contribution in [0.2, 0.25) is 0 Å². The first-order valence-electron chi connectivity index (χ1n) is 5.08. The van der Waals surface area contributed by atoms with Gasteiger partial charge < -0.3 is 9.84 Å². The molecule has 1 atom stereocenters. The number of unbranched alkanes of at least 4 members (excludes halogenated alkanes) is 1. The molecule has 1 aliphatic rings. The molecule has 1 aliphatic heterocycles. The Balaban J connectivity index is 1.95. The highest BCUT2D eigenvalue weighted by molar-refractivity contribution is 5.66. The maximum atomic E-state index is 10.2. The highest BCUT2D eigenvalue weighted by atomic mass is 16.5. The Morgan fingerprint density at radius 2 is 2.31 bits per heavy atom. The third kappa shape index (κ3) is 4.88. The molecule has 0 bridgehead atoms. The first kappa shape index (κ1) is 10.5. The zero-order valence-corrected chi connectivity index (χ0v) is 8.00. The van der Waals surface area contributed by atoms with Crippen molar-refractivity contribution < 1.29 is 14.6 Å². The van der Waals surface area contributed by atoms with E-state index in [4.69, 9.17) is 9.84 Å². The van der Waals surface area contributed by atoms with Gasteiger partial charge in [-0.3, -0.25) is 4.79 Å². The van der Waals surface area contributed by atoms with Crippen molar-refractivity contribution in [1.82, 2.24) is 0 Å². The zero-order valence-electron chi connectivity index (χ0n) is 8.00. The average Bonchev–Trinajstić information content (AvgIpc) is 2.14. The number of hydrogen-bond donors (Lipinski definition) is 1. The summed E-state index contributed by atoms with van der Waals surface area (Å²) in [4.78, 5) is 10.2. The second-order valence-corrected chi connectivity index (χ2v) is 3.72. The molecule has 0 aromatic rings. The Morgan fingerprint density at radius 1 is 1.46 bits per heavy atom. The van der Waals surface area contributed by atoms with Crippen LogP contribution >= 0.6 is 0 Å². The minimum absolute atomic E-state index is 0.313. The minimum atomic E-state index is -0.681. The van der Waals surface area contributed by atoms with E-state index in [0.717, 1.165) is 32.5 Å². The Kier molecular flexibility index (Phi) is 4.83. The first-order chi connectivity index (χ1) is 6.29. The van der Waals surface area contributed by atoms with Gasteiger partial charge in [0, 0.05) is 19.6 Å². The van der Waals surface area contributed by atoms with Crippen molar-refractivity contribution in [1.29, 1.82) is 0 Å². The maximum absolute atomic E-state index is 10.2. The number of carbonyl (C=O) groups is 1. The molecule has 3 nitrogen and oxygen atoms in total. The van der Waals surface area contributed by atoms with E-state index in [9.17, 15) is 4.79 Å². The highest BCUT2D eigenvalue weighted by Crippen LogP contribution is 2.19. The van der Waals surface area contributed by atoms with E-state index in [1.54, 1.807) is 0 Å². The number of ether oxygens (including phenoxy) is 1. The van der Waals surface area contributed by atoms with Crippen molar-refractivity contribution in [3.05, 3.63) is 0 Å². The van der Waals surface area contributed by atoms with Crippen LogP contribution in [0.4, 0.5) is 0 Å². The molecule has 76 valence electrons. The fraction of sp³-hybridized carbons (Fsp3) is 0.900. The molecule has 13 heavy (non-hydrogen) atoms. The van der Waals surface area contributed by atoms with Crippen LogP contribution in [0.15, 0.2) is 0 Å². The number of aliphatic carboxylic acids is 1. The topological polar surface area (TPSA) is 46.5 Å². The van der Waals surface area contributed by atoms with Crippen molar-refractivity contribution in [2.45, 2.75) is 38.5 Å². The fourth-order valence-corrected chi connectivity index (χ4v) is 1.74. The summed E-state index contributed by atoms with van der Waals surface area (Å²) in [6.45, 7) is 1.79. The van der Waals surface area contributed by atoms with Gasteiger partial charge in [-0.25, -0.2) is 0 Å². The summed E-state index contributed by atoms with van der Waals surface area (Å²) in [7, 11) is 0. The summed E-state index contributed by atoms with van der Waals surface area (Å²) in [5, 5.41) is 8.43. The van der Waals surface area contributed by atoms with Crippen molar-refractivity contribution >= 4 is 5.97 Å². The van der Waals surface area contributed by atoms with E-state index in [2.05, 4.69) is 0 Å². The predicted octanol–water partition coefficient (Wildman–Crippen LogP) is 2.06. The minimum Gasteiger partial charge on any atom is -0.481 e. The molecule has 0 amide bonds. The van der Waals surface area contributed by atoms with Crippen molar-refractivity contribution in [3.8, 4) is 0 Å². The Bertz CT molecular complexity index is 150. The number of hydrogen-bond acceptors (Lipinski definition) is 2. The normalized spacial score (nSPS) is 22.9. The molecule has 0 aliphatic carbocycles. The maximum Gasteiger partial charge on any atom is 0.303 e. The first-order valence-corrected chi connectivity index (χ1v) is 5.08. The number of carboxylic acids is 1. The smallest absolute Gasteiger partial charge is 0.303 e. The van der Waals surface area contributed by atoms with Gasteiger partial charge in [-0.15, -0.1) is 0 Å². The van der Waals surface area contributed by atoms with E-state index in [1.165, 1.54) is 12.8 Å². The predicted molar refractivity (Wildman–Crippen MR) is 49.6 cm³/mol. The molecule has 3 heteroatoms. The molecule has 0 aromatic carbocycles. The molecule has 1 rings (SSSR count). The Labute approximate surface area is 79.1 Å². The van der Waals surface area contributed by atoms with Crippen LogP contribution < -0.4 is 0 Å². The van der Waals surface area contributed by atoms with Gasteiger partial charge in [0.15, 0.2) is 0 Å². The monoisotopic (exact) mass is 186 g/mol. The lowest BCUT2D eigenvalue weighted by Crippen LogP contribution is -2.17. The van der Waals surface area contributed by atoms with Gasteiger partial charge >= 0.3 is 5.97 Å². The molecule has 1 N–H and O–H groups in total. The summed E-state index contributed by atoms with van der Waals surface area (Å²) >= 11 is 0. The standard InChI is InChI=1S/C10H18O3/c11-10(12)6-2-1-4-9-5-3-7-13-8-9/h9H,1-8H2,(H,11,12)/t9-/m0/s1. The third-order valence-electron chi connectivity index (χ3n) is 2.51. The van der Waals surface area contributed by atoms with Gasteiger partial charge in [0.1, 0.15) is 0 Å². The van der Waals surface area contributed by atoms with Crippen LogP contribution in [0, 0.1) is 5.92 Å². The van der Waals surface area contributed by atoms with Gasteiger partial charge in [-0.2, -0.15) is 0 Å². The molecular formula is C10H18O3. The van der Waals surface area contributed by atoms with E-state index in [1.807, 2.05) is 0 Å². The van der Waals surface area contributed by atoms with Gasteiger partial charge in [0.05, 0.1) is 0 Å². The van der Waals surface area contributed by atoms with Crippen molar-refractivity contribution in [2.75, 3.05) is 13.2 Å². The SMILES string of the molecule is O=C(O)CCCC[C@H]1CCCOC1. The lowest BCUT2D eigenvalue weighted by molar-refractivity contribution is -0.137. The summed E-state index contributed by atoms with van der Waals surface area (Å²) in [6.07, 6.45) is 5.71. The van der Waals surface area contributed by atoms with E-state index in [0.29, 0.717) is 12.3 Å². The van der Waals surface area contributed by atoms with Gasteiger partial charge in [0.2, 0.25) is 0 Å². The van der Waals surface area contributed by atoms with E-state index >= 15 is 0 Å². The molecule has 0 aromatic heterocycles. The van der Waals surface area contributed by atoms with E-state index < -0.39 is 5.97 Å². The molecular weight excluding hydrogens is 168 g/mol. The molecule has 0 unspecified atom stereocenters. The second-order valence-electron chi connectivity index (χ2n) is 3.72. The fourth-order valence-electron chi connectivity index (χ4n) is 1.74. The lowest BCUT2D eigenvalue weighted by Gasteiger charge is -2.21. The van der Waals surface area contributed by atoms with Crippen LogP contribution in [-0.2, 0) is 9.53 Å². The summed E-state index contributed by atoms with van der Waals surface area (Å²) < 4.78 is 5.34.